The number of nitriles is 1. The van der Waals surface area contributed by atoms with Gasteiger partial charge in [0.1, 0.15) is 17.4 Å². The number of aromatic amines is 1. The third kappa shape index (κ3) is 4.03. The number of sulfonamides is 1. The zero-order chi connectivity index (χ0) is 21.7. The van der Waals surface area contributed by atoms with Gasteiger partial charge >= 0.3 is 0 Å². The van der Waals surface area contributed by atoms with Crippen LogP contribution in [-0.4, -0.2) is 40.9 Å². The monoisotopic (exact) mass is 420 g/mol. The third-order valence-electron chi connectivity index (χ3n) is 4.41. The van der Waals surface area contributed by atoms with Crippen LogP contribution in [0.5, 0.6) is 0 Å². The Morgan fingerprint density at radius 1 is 1.13 bits per heavy atom. The van der Waals surface area contributed by atoms with Crippen molar-refractivity contribution in [1.29, 1.82) is 5.26 Å². The largest absolute Gasteiger partial charge is 0.506 e. The van der Waals surface area contributed by atoms with Gasteiger partial charge in [0.2, 0.25) is 10.0 Å². The lowest BCUT2D eigenvalue weighted by Gasteiger charge is -2.19. The van der Waals surface area contributed by atoms with Crippen molar-refractivity contribution < 1.29 is 13.5 Å². The van der Waals surface area contributed by atoms with E-state index in [4.69, 9.17) is 0 Å². The Morgan fingerprint density at radius 2 is 1.77 bits per heavy atom. The first-order chi connectivity index (χ1) is 14.4. The average Bonchev–Trinajstić information content (AvgIpc) is 3.18. The second-order valence-electron chi connectivity index (χ2n) is 6.36. The maximum Gasteiger partial charge on any atom is 0.243 e. The van der Waals surface area contributed by atoms with E-state index in [1.807, 2.05) is 24.3 Å². The maximum absolute atomic E-state index is 12.8. The first kappa shape index (κ1) is 21.0. The summed E-state index contributed by atoms with van der Waals surface area (Å²) in [6, 6.07) is 14.9. The van der Waals surface area contributed by atoms with Crippen LogP contribution in [0.1, 0.15) is 11.4 Å². The number of hydrogen-bond donors (Lipinski definition) is 2. The third-order valence-corrected chi connectivity index (χ3v) is 6.25. The van der Waals surface area contributed by atoms with Crippen LogP contribution >= 0.6 is 0 Å². The van der Waals surface area contributed by atoms with Crippen LogP contribution in [0.3, 0.4) is 0 Å². The minimum absolute atomic E-state index is 0.0400. The van der Waals surface area contributed by atoms with Gasteiger partial charge in [-0.15, -0.1) is 13.2 Å². The smallest absolute Gasteiger partial charge is 0.243 e. The van der Waals surface area contributed by atoms with Crippen LogP contribution in [0, 0.1) is 11.3 Å². The highest BCUT2D eigenvalue weighted by atomic mass is 32.2. The van der Waals surface area contributed by atoms with E-state index < -0.39 is 10.0 Å². The molecular formula is C22H20N4O3S. The molecule has 7 nitrogen and oxygen atoms in total. The number of allylic oxidation sites excluding steroid dienone is 1. The minimum atomic E-state index is -3.75. The summed E-state index contributed by atoms with van der Waals surface area (Å²) in [4.78, 5) is 7.40. The number of hydrogen-bond acceptors (Lipinski definition) is 5. The Kier molecular flexibility index (Phi) is 6.16. The van der Waals surface area contributed by atoms with Gasteiger partial charge in [0.25, 0.3) is 0 Å². The van der Waals surface area contributed by atoms with Crippen molar-refractivity contribution in [2.24, 2.45) is 0 Å². The fourth-order valence-corrected chi connectivity index (χ4v) is 4.31. The molecule has 3 rings (SSSR count). The molecule has 8 heteroatoms. The van der Waals surface area contributed by atoms with Crippen molar-refractivity contribution in [2.45, 2.75) is 4.90 Å². The molecule has 0 unspecified atom stereocenters. The molecule has 0 aliphatic heterocycles. The van der Waals surface area contributed by atoms with E-state index >= 15 is 0 Å². The summed E-state index contributed by atoms with van der Waals surface area (Å²) in [5.74, 6) is -0.0643. The molecule has 0 fully saturated rings. The molecule has 0 saturated carbocycles. The highest BCUT2D eigenvalue weighted by molar-refractivity contribution is 7.89. The van der Waals surface area contributed by atoms with E-state index in [0.717, 1.165) is 5.52 Å². The summed E-state index contributed by atoms with van der Waals surface area (Å²) < 4.78 is 26.8. The molecule has 2 N–H and O–H groups in total. The van der Waals surface area contributed by atoms with E-state index in [-0.39, 0.29) is 35.1 Å². The molecule has 0 aliphatic carbocycles. The maximum atomic E-state index is 12.8. The lowest BCUT2D eigenvalue weighted by atomic mass is 10.1. The van der Waals surface area contributed by atoms with Crippen LogP contribution in [-0.2, 0) is 10.0 Å². The fraction of sp³-hybridized carbons (Fsp3) is 0.0909. The summed E-state index contributed by atoms with van der Waals surface area (Å²) in [5.41, 5.74) is 1.66. The minimum Gasteiger partial charge on any atom is -0.506 e. The summed E-state index contributed by atoms with van der Waals surface area (Å²) in [6.45, 7) is 7.45. The molecule has 0 saturated heterocycles. The van der Waals surface area contributed by atoms with Crippen LogP contribution in [0.4, 0.5) is 0 Å². The average molecular weight is 420 g/mol. The molecule has 0 atom stereocenters. The number of imidazole rings is 1. The van der Waals surface area contributed by atoms with E-state index in [0.29, 0.717) is 11.1 Å². The van der Waals surface area contributed by atoms with E-state index in [1.165, 1.54) is 40.7 Å². The Labute approximate surface area is 175 Å². The number of aromatic nitrogens is 2. The standard InChI is InChI=1S/C22H20N4O3S/c1-3-13-26(14-4-2)30(28,29)17-11-9-16(10-12-17)21(27)18(15-23)22-24-19-7-5-6-8-20(19)25-22/h3-12,27H,1-2,13-14H2,(H,24,25)/b21-18+. The molecule has 1 aromatic heterocycles. The van der Waals surface area contributed by atoms with Crippen molar-refractivity contribution in [2.75, 3.05) is 13.1 Å². The van der Waals surface area contributed by atoms with Gasteiger partial charge in [-0.25, -0.2) is 13.4 Å². The Morgan fingerprint density at radius 3 is 2.33 bits per heavy atom. The normalized spacial score (nSPS) is 12.4. The Balaban J connectivity index is 1.98. The van der Waals surface area contributed by atoms with Gasteiger partial charge in [-0.05, 0) is 36.4 Å². The van der Waals surface area contributed by atoms with Crippen molar-refractivity contribution in [3.8, 4) is 6.07 Å². The first-order valence-corrected chi connectivity index (χ1v) is 10.5. The first-order valence-electron chi connectivity index (χ1n) is 9.03. The highest BCUT2D eigenvalue weighted by Gasteiger charge is 2.23. The molecule has 0 bridgehead atoms. The number of benzene rings is 2. The summed E-state index contributed by atoms with van der Waals surface area (Å²) >= 11 is 0. The molecule has 0 aliphatic rings. The van der Waals surface area contributed by atoms with Gasteiger partial charge < -0.3 is 10.1 Å². The van der Waals surface area contributed by atoms with Crippen molar-refractivity contribution in [1.82, 2.24) is 14.3 Å². The number of nitrogens with zero attached hydrogens (tertiary/aromatic N) is 3. The molecular weight excluding hydrogens is 400 g/mol. The molecule has 1 heterocycles. The Bertz CT molecular complexity index is 1220. The number of fused-ring (bicyclic) bond motifs is 1. The van der Waals surface area contributed by atoms with Gasteiger partial charge in [-0.2, -0.15) is 9.57 Å². The predicted octanol–water partition coefficient (Wildman–Crippen LogP) is 3.88. The van der Waals surface area contributed by atoms with Crippen molar-refractivity contribution >= 4 is 32.4 Å². The second kappa shape index (κ2) is 8.78. The number of H-pyrrole nitrogens is 1. The number of rotatable bonds is 8. The molecule has 0 radical (unpaired) electrons. The number of aliphatic hydroxyl groups excluding tert-OH is 1. The summed E-state index contributed by atoms with van der Waals surface area (Å²) in [7, 11) is -3.75. The van der Waals surface area contributed by atoms with E-state index in [2.05, 4.69) is 23.1 Å². The quantitative estimate of drug-likeness (QED) is 0.326. The summed E-state index contributed by atoms with van der Waals surface area (Å²) in [6.07, 6.45) is 2.99. The SMILES string of the molecule is C=CCN(CC=C)S(=O)(=O)c1ccc(/C(O)=C(/C#N)c2nc3ccccc3[nH]2)cc1. The number of para-hydroxylation sites is 2. The number of nitrogens with one attached hydrogen (secondary N) is 1. The van der Waals surface area contributed by atoms with E-state index in [1.54, 1.807) is 6.07 Å². The fourth-order valence-electron chi connectivity index (χ4n) is 2.93. The lowest BCUT2D eigenvalue weighted by Crippen LogP contribution is -2.31. The predicted molar refractivity (Wildman–Crippen MR) is 117 cm³/mol. The molecule has 30 heavy (non-hydrogen) atoms. The van der Waals surface area contributed by atoms with Crippen LogP contribution in [0.15, 0.2) is 78.7 Å². The van der Waals surface area contributed by atoms with Gasteiger partial charge in [-0.3, -0.25) is 0 Å². The highest BCUT2D eigenvalue weighted by Crippen LogP contribution is 2.26. The van der Waals surface area contributed by atoms with Crippen LogP contribution < -0.4 is 0 Å². The Hall–Kier alpha value is -3.67. The zero-order valence-electron chi connectivity index (χ0n) is 16.1. The second-order valence-corrected chi connectivity index (χ2v) is 8.30. The molecule has 3 aromatic rings. The van der Waals surface area contributed by atoms with Gasteiger partial charge in [-0.1, -0.05) is 24.3 Å². The van der Waals surface area contributed by atoms with Crippen molar-refractivity contribution in [3.63, 3.8) is 0 Å². The van der Waals surface area contributed by atoms with Gasteiger partial charge in [0, 0.05) is 18.7 Å². The topological polar surface area (TPSA) is 110 Å². The number of aliphatic hydroxyl groups is 1. The molecule has 2 aromatic carbocycles. The lowest BCUT2D eigenvalue weighted by molar-refractivity contribution is 0.474. The van der Waals surface area contributed by atoms with Gasteiger partial charge in [0.05, 0.1) is 15.9 Å². The van der Waals surface area contributed by atoms with Gasteiger partial charge in [0.15, 0.2) is 5.82 Å². The zero-order valence-corrected chi connectivity index (χ0v) is 16.9. The molecule has 152 valence electrons. The van der Waals surface area contributed by atoms with Crippen LogP contribution in [0.25, 0.3) is 22.4 Å². The summed E-state index contributed by atoms with van der Waals surface area (Å²) in [5, 5.41) is 20.2. The van der Waals surface area contributed by atoms with E-state index in [9.17, 15) is 18.8 Å². The molecule has 0 amide bonds. The van der Waals surface area contributed by atoms with Crippen LogP contribution in [0.2, 0.25) is 0 Å². The molecule has 0 spiro atoms. The van der Waals surface area contributed by atoms with Crippen molar-refractivity contribution in [3.05, 3.63) is 85.2 Å².